The van der Waals surface area contributed by atoms with E-state index >= 15 is 0 Å². The van der Waals surface area contributed by atoms with E-state index in [-0.39, 0.29) is 23.0 Å². The number of methoxy groups -OCH3 is 1. The van der Waals surface area contributed by atoms with Crippen LogP contribution in [0.3, 0.4) is 0 Å². The molecular weight excluding hydrogens is 364 g/mol. The number of ether oxygens (including phenoxy) is 3. The van der Waals surface area contributed by atoms with Crippen molar-refractivity contribution in [1.82, 2.24) is 5.32 Å². The average Bonchev–Trinajstić information content (AvgIpc) is 3.14. The molecule has 0 saturated carbocycles. The number of amides is 1. The van der Waals surface area contributed by atoms with Gasteiger partial charge in [0.25, 0.3) is 5.91 Å². The highest BCUT2D eigenvalue weighted by Gasteiger charge is 2.17. The summed E-state index contributed by atoms with van der Waals surface area (Å²) in [4.78, 5) is 33.4. The molecule has 1 N–H and O–H groups in total. The van der Waals surface area contributed by atoms with Gasteiger partial charge in [-0.2, -0.15) is 0 Å². The second-order valence-electron chi connectivity index (χ2n) is 4.82. The predicted molar refractivity (Wildman–Crippen MR) is 92.8 cm³/mol. The number of hydrogen-bond donors (Lipinski definition) is 1. The lowest BCUT2D eigenvalue weighted by Crippen LogP contribution is -2.32. The van der Waals surface area contributed by atoms with E-state index in [4.69, 9.17) is 14.2 Å². The van der Waals surface area contributed by atoms with Crippen molar-refractivity contribution in [3.8, 4) is 11.5 Å². The Morgan fingerprint density at radius 3 is 2.58 bits per heavy atom. The van der Waals surface area contributed by atoms with Crippen LogP contribution in [0.25, 0.3) is 0 Å². The summed E-state index contributed by atoms with van der Waals surface area (Å²) < 4.78 is 15.4. The summed E-state index contributed by atoms with van der Waals surface area (Å²) in [6, 6.07) is 9.58. The molecule has 2 rings (SSSR count). The molecule has 26 heavy (non-hydrogen) atoms. The Kier molecular flexibility index (Phi) is 6.92. The van der Waals surface area contributed by atoms with Crippen LogP contribution in [-0.4, -0.2) is 43.7 Å². The molecule has 0 aliphatic carbocycles. The van der Waals surface area contributed by atoms with Crippen LogP contribution in [0.5, 0.6) is 11.5 Å². The molecule has 1 heterocycles. The summed E-state index contributed by atoms with van der Waals surface area (Å²) in [6.45, 7) is -0.0741. The fraction of sp³-hybridized carbons (Fsp3) is 0.250. The molecule has 0 aliphatic rings. The minimum absolute atomic E-state index is 0.0593. The average molecular weight is 380 g/mol. The fourth-order valence-corrected chi connectivity index (χ4v) is 2.59. The van der Waals surface area contributed by atoms with E-state index in [1.165, 1.54) is 19.2 Å². The third-order valence-electron chi connectivity index (χ3n) is 3.06. The Morgan fingerprint density at radius 1 is 1.19 bits per heavy atom. The van der Waals surface area contributed by atoms with Crippen molar-refractivity contribution < 1.29 is 28.7 Å². The molecule has 9 nitrogen and oxygen atoms in total. The SMILES string of the molecule is COc1ccccc1OCCNC(=O)COC(=O)c1ccc([N+](=O)[O-])s1. The van der Waals surface area contributed by atoms with Crippen LogP contribution in [0.15, 0.2) is 36.4 Å². The number of nitrogens with zero attached hydrogens (tertiary/aromatic N) is 1. The van der Waals surface area contributed by atoms with Crippen LogP contribution >= 0.6 is 11.3 Å². The molecule has 0 atom stereocenters. The van der Waals surface area contributed by atoms with Crippen LogP contribution in [0, 0.1) is 10.1 Å². The second kappa shape index (κ2) is 9.37. The fourth-order valence-electron chi connectivity index (χ4n) is 1.88. The number of thiophene rings is 1. The number of carbonyl (C=O) groups is 2. The molecule has 0 spiro atoms. The third-order valence-corrected chi connectivity index (χ3v) is 4.08. The Morgan fingerprint density at radius 2 is 1.92 bits per heavy atom. The van der Waals surface area contributed by atoms with Gasteiger partial charge in [-0.1, -0.05) is 23.5 Å². The van der Waals surface area contributed by atoms with E-state index in [0.717, 1.165) is 0 Å². The molecule has 1 aromatic carbocycles. The maximum atomic E-state index is 11.7. The van der Waals surface area contributed by atoms with Gasteiger partial charge in [0.05, 0.1) is 18.6 Å². The van der Waals surface area contributed by atoms with Crippen molar-refractivity contribution in [3.05, 3.63) is 51.4 Å². The number of para-hydroxylation sites is 2. The first-order valence-corrected chi connectivity index (χ1v) is 8.26. The second-order valence-corrected chi connectivity index (χ2v) is 5.88. The van der Waals surface area contributed by atoms with Gasteiger partial charge in [-0.25, -0.2) is 4.79 Å². The highest BCUT2D eigenvalue weighted by molar-refractivity contribution is 7.17. The van der Waals surface area contributed by atoms with E-state index in [1.54, 1.807) is 18.2 Å². The zero-order valence-corrected chi connectivity index (χ0v) is 14.6. The summed E-state index contributed by atoms with van der Waals surface area (Å²) in [5.74, 6) is -0.163. The molecule has 2 aromatic rings. The van der Waals surface area contributed by atoms with Crippen molar-refractivity contribution in [1.29, 1.82) is 0 Å². The normalized spacial score (nSPS) is 10.0. The van der Waals surface area contributed by atoms with Crippen molar-refractivity contribution in [2.24, 2.45) is 0 Å². The summed E-state index contributed by atoms with van der Waals surface area (Å²) in [5, 5.41) is 12.9. The topological polar surface area (TPSA) is 117 Å². The number of benzene rings is 1. The number of nitrogens with one attached hydrogen (secondary N) is 1. The van der Waals surface area contributed by atoms with E-state index < -0.39 is 23.4 Å². The van der Waals surface area contributed by atoms with Crippen LogP contribution < -0.4 is 14.8 Å². The predicted octanol–water partition coefficient (Wildman–Crippen LogP) is 2.02. The maximum absolute atomic E-state index is 11.7. The molecule has 138 valence electrons. The van der Waals surface area contributed by atoms with Gasteiger partial charge in [0, 0.05) is 6.07 Å². The molecule has 0 fully saturated rings. The molecular formula is C16H16N2O7S. The Labute approximate surface area is 152 Å². The Hall–Kier alpha value is -3.14. The zero-order valence-electron chi connectivity index (χ0n) is 13.8. The maximum Gasteiger partial charge on any atom is 0.349 e. The van der Waals surface area contributed by atoms with Crippen LogP contribution in [-0.2, 0) is 9.53 Å². The van der Waals surface area contributed by atoms with E-state index in [1.807, 2.05) is 6.07 Å². The van der Waals surface area contributed by atoms with Crippen molar-refractivity contribution >= 4 is 28.2 Å². The van der Waals surface area contributed by atoms with Gasteiger partial charge >= 0.3 is 11.0 Å². The van der Waals surface area contributed by atoms with Crippen LogP contribution in [0.2, 0.25) is 0 Å². The molecule has 1 aromatic heterocycles. The van der Waals surface area contributed by atoms with Gasteiger partial charge in [-0.05, 0) is 18.2 Å². The molecule has 0 bridgehead atoms. The van der Waals surface area contributed by atoms with Crippen LogP contribution in [0.1, 0.15) is 9.67 Å². The number of hydrogen-bond acceptors (Lipinski definition) is 8. The Bertz CT molecular complexity index is 790. The summed E-state index contributed by atoms with van der Waals surface area (Å²) >= 11 is 0.686. The molecule has 0 radical (unpaired) electrons. The quantitative estimate of drug-likeness (QED) is 0.306. The van der Waals surface area contributed by atoms with Gasteiger partial charge in [-0.15, -0.1) is 0 Å². The molecule has 0 aliphatic heterocycles. The van der Waals surface area contributed by atoms with Crippen molar-refractivity contribution in [2.75, 3.05) is 26.9 Å². The first kappa shape index (κ1) is 19.2. The monoisotopic (exact) mass is 380 g/mol. The highest BCUT2D eigenvalue weighted by atomic mass is 32.1. The van der Waals surface area contributed by atoms with Gasteiger partial charge in [0.15, 0.2) is 18.1 Å². The number of rotatable bonds is 9. The van der Waals surface area contributed by atoms with E-state index in [9.17, 15) is 19.7 Å². The first-order chi connectivity index (χ1) is 12.5. The zero-order chi connectivity index (χ0) is 18.9. The minimum atomic E-state index is -0.788. The summed E-state index contributed by atoms with van der Waals surface area (Å²) in [7, 11) is 1.53. The van der Waals surface area contributed by atoms with Gasteiger partial charge in [-0.3, -0.25) is 14.9 Å². The third kappa shape index (κ3) is 5.45. The minimum Gasteiger partial charge on any atom is -0.493 e. The van der Waals surface area contributed by atoms with E-state index in [2.05, 4.69) is 5.32 Å². The summed E-state index contributed by atoms with van der Waals surface area (Å²) in [6.07, 6.45) is 0. The van der Waals surface area contributed by atoms with Crippen molar-refractivity contribution in [2.45, 2.75) is 0 Å². The van der Waals surface area contributed by atoms with Crippen LogP contribution in [0.4, 0.5) is 5.00 Å². The largest absolute Gasteiger partial charge is 0.493 e. The number of carbonyl (C=O) groups excluding carboxylic acids is 2. The molecule has 0 unspecified atom stereocenters. The smallest absolute Gasteiger partial charge is 0.349 e. The number of nitro groups is 1. The molecule has 1 amide bonds. The molecule has 10 heteroatoms. The lowest BCUT2D eigenvalue weighted by atomic mass is 10.3. The number of esters is 1. The van der Waals surface area contributed by atoms with Gasteiger partial charge in [0.2, 0.25) is 0 Å². The summed E-state index contributed by atoms with van der Waals surface area (Å²) in [5.41, 5.74) is 0. The van der Waals surface area contributed by atoms with Crippen molar-refractivity contribution in [3.63, 3.8) is 0 Å². The molecule has 0 saturated heterocycles. The lowest BCUT2D eigenvalue weighted by Gasteiger charge is -2.10. The van der Waals surface area contributed by atoms with Gasteiger partial charge < -0.3 is 19.5 Å². The standard InChI is InChI=1S/C16H16N2O7S/c1-23-11-4-2-3-5-12(11)24-9-8-17-14(19)10-25-16(20)13-6-7-15(26-13)18(21)22/h2-7H,8-10H2,1H3,(H,17,19). The Balaban J connectivity index is 1.68. The lowest BCUT2D eigenvalue weighted by molar-refractivity contribution is -0.380. The highest BCUT2D eigenvalue weighted by Crippen LogP contribution is 2.25. The first-order valence-electron chi connectivity index (χ1n) is 7.45. The van der Waals surface area contributed by atoms with E-state index in [0.29, 0.717) is 22.8 Å². The van der Waals surface area contributed by atoms with Gasteiger partial charge in [0.1, 0.15) is 11.5 Å².